The Labute approximate surface area is 615 Å². The van der Waals surface area contributed by atoms with E-state index in [0.29, 0.717) is 12.8 Å². The van der Waals surface area contributed by atoms with Crippen molar-refractivity contribution in [3.05, 3.63) is 109 Å². The minimum atomic E-state index is -1.98. The van der Waals surface area contributed by atoms with E-state index >= 15 is 0 Å². The fourth-order valence-electron chi connectivity index (χ4n) is 13.0. The Morgan fingerprint density at radius 1 is 0.363 bits per heavy atom. The Morgan fingerprint density at radius 2 is 0.676 bits per heavy atom. The van der Waals surface area contributed by atoms with Crippen LogP contribution in [0.4, 0.5) is 0 Å². The van der Waals surface area contributed by atoms with Crippen LogP contribution in [0.5, 0.6) is 0 Å². The second-order valence-corrected chi connectivity index (χ2v) is 28.2. The Hall–Kier alpha value is -3.55. The first-order valence-electron chi connectivity index (χ1n) is 40.1. The van der Waals surface area contributed by atoms with Crippen LogP contribution in [0.1, 0.15) is 277 Å². The lowest BCUT2D eigenvalue weighted by atomic mass is 9.96. The third-order valence-electron chi connectivity index (χ3n) is 19.4. The quantitative estimate of drug-likeness (QED) is 0.0199. The molecule has 0 spiro atoms. The summed E-state index contributed by atoms with van der Waals surface area (Å²) >= 11 is 0. The predicted molar refractivity (Wildman–Crippen MR) is 406 cm³/mol. The molecule has 0 aromatic rings. The largest absolute Gasteiger partial charge is 0.394 e. The molecule has 1 amide bonds. The van der Waals surface area contributed by atoms with Crippen LogP contribution in [0.3, 0.4) is 0 Å². The zero-order chi connectivity index (χ0) is 73.9. The van der Waals surface area contributed by atoms with Crippen molar-refractivity contribution >= 4 is 5.91 Å². The van der Waals surface area contributed by atoms with Crippen LogP contribution in [0, 0.1) is 0 Å². The molecule has 12 N–H and O–H groups in total. The molecule has 17 unspecified atom stereocenters. The highest BCUT2D eigenvalue weighted by Gasteiger charge is 2.54. The molecule has 0 aromatic carbocycles. The highest BCUT2D eigenvalue weighted by Crippen LogP contribution is 2.33. The Morgan fingerprint density at radius 3 is 1.06 bits per heavy atom. The summed E-state index contributed by atoms with van der Waals surface area (Å²) < 4.78 is 34.5. The van der Waals surface area contributed by atoms with E-state index in [1.54, 1.807) is 0 Å². The zero-order valence-electron chi connectivity index (χ0n) is 62.8. The first kappa shape index (κ1) is 92.7. The average molecular weight is 1440 g/mol. The van der Waals surface area contributed by atoms with E-state index in [0.717, 1.165) is 116 Å². The maximum absolute atomic E-state index is 13.5. The summed E-state index contributed by atoms with van der Waals surface area (Å²) in [6.07, 6.45) is 58.8. The van der Waals surface area contributed by atoms with E-state index < -0.39 is 124 Å². The van der Waals surface area contributed by atoms with E-state index in [-0.39, 0.29) is 18.9 Å². The minimum absolute atomic E-state index is 0.251. The molecule has 3 rings (SSSR count). The molecule has 0 aromatic heterocycles. The molecule has 17 atom stereocenters. The van der Waals surface area contributed by atoms with Gasteiger partial charge in [-0.25, -0.2) is 0 Å². The predicted octanol–water partition coefficient (Wildman–Crippen LogP) is 13.3. The molecular formula is C83H143NO18. The van der Waals surface area contributed by atoms with Gasteiger partial charge in [0, 0.05) is 6.42 Å². The van der Waals surface area contributed by atoms with E-state index in [2.05, 4.69) is 129 Å². The highest BCUT2D eigenvalue weighted by molar-refractivity contribution is 5.76. The highest BCUT2D eigenvalue weighted by atomic mass is 16.8. The number of amides is 1. The van der Waals surface area contributed by atoms with Crippen LogP contribution in [-0.4, -0.2) is 193 Å². The molecule has 0 aliphatic carbocycles. The lowest BCUT2D eigenvalue weighted by molar-refractivity contribution is -0.379. The molecule has 3 aliphatic rings. The van der Waals surface area contributed by atoms with Gasteiger partial charge in [0.15, 0.2) is 18.9 Å². The van der Waals surface area contributed by atoms with Gasteiger partial charge in [-0.2, -0.15) is 0 Å². The molecule has 3 fully saturated rings. The fraction of sp³-hybridized carbons (Fsp3) is 0.771. The van der Waals surface area contributed by atoms with Crippen molar-refractivity contribution in [3.63, 3.8) is 0 Å². The van der Waals surface area contributed by atoms with Gasteiger partial charge < -0.3 is 89.9 Å². The SMILES string of the molecule is CC/C=C\C/C=C\C/C=C\C/C=C\C/C=C\C/C=C\C/C=C\C/C=C\C/C=C\CCCCCCCCCCCC(=O)NC(COC1OC(CO)C(OC2OC(CO)C(OC3OC(CO)C(O)C(O)C3O)C(O)C2O)C(O)C1O)C(O)CCCCCCCCCCCCCCCCCCCCCC. The number of allylic oxidation sites excluding steroid dienone is 18. The number of ether oxygens (including phenoxy) is 6. The second-order valence-electron chi connectivity index (χ2n) is 28.2. The first-order chi connectivity index (χ1) is 49.8. The van der Waals surface area contributed by atoms with Crippen molar-refractivity contribution in [2.24, 2.45) is 0 Å². The zero-order valence-corrected chi connectivity index (χ0v) is 62.8. The molecule has 3 aliphatic heterocycles. The summed E-state index contributed by atoms with van der Waals surface area (Å²) in [4.78, 5) is 13.5. The van der Waals surface area contributed by atoms with Crippen LogP contribution < -0.4 is 5.32 Å². The topological polar surface area (TPSA) is 307 Å². The molecule has 0 saturated carbocycles. The van der Waals surface area contributed by atoms with Gasteiger partial charge in [-0.3, -0.25) is 4.79 Å². The molecule has 3 heterocycles. The second kappa shape index (κ2) is 62.5. The summed E-state index contributed by atoms with van der Waals surface area (Å²) in [7, 11) is 0. The van der Waals surface area contributed by atoms with Crippen LogP contribution in [0.15, 0.2) is 109 Å². The van der Waals surface area contributed by atoms with Crippen molar-refractivity contribution < 1.29 is 89.4 Å². The number of hydrogen-bond acceptors (Lipinski definition) is 18. The van der Waals surface area contributed by atoms with Gasteiger partial charge in [0.05, 0.1) is 38.6 Å². The lowest BCUT2D eigenvalue weighted by Crippen LogP contribution is -2.66. The van der Waals surface area contributed by atoms with Crippen molar-refractivity contribution in [3.8, 4) is 0 Å². The summed E-state index contributed by atoms with van der Waals surface area (Å²) in [5, 5.41) is 121. The van der Waals surface area contributed by atoms with Crippen LogP contribution in [-0.2, 0) is 33.2 Å². The summed E-state index contributed by atoms with van der Waals surface area (Å²) in [6, 6.07) is -0.899. The Balaban J connectivity index is 1.36. The van der Waals surface area contributed by atoms with Crippen LogP contribution in [0.25, 0.3) is 0 Å². The number of unbranched alkanes of at least 4 members (excludes halogenated alkanes) is 28. The van der Waals surface area contributed by atoms with E-state index in [4.69, 9.17) is 28.4 Å². The number of nitrogens with one attached hydrogen (secondary N) is 1. The van der Waals surface area contributed by atoms with Gasteiger partial charge in [-0.05, 0) is 83.5 Å². The molecule has 0 bridgehead atoms. The average Bonchev–Trinajstić information content (AvgIpc) is 0.778. The van der Waals surface area contributed by atoms with Crippen LogP contribution >= 0.6 is 0 Å². The van der Waals surface area contributed by atoms with Gasteiger partial charge in [0.25, 0.3) is 0 Å². The first-order valence-corrected chi connectivity index (χ1v) is 40.1. The molecule has 588 valence electrons. The Kier molecular flexibility index (Phi) is 56.8. The number of hydrogen-bond donors (Lipinski definition) is 12. The van der Waals surface area contributed by atoms with Crippen LogP contribution in [0.2, 0.25) is 0 Å². The lowest BCUT2D eigenvalue weighted by Gasteiger charge is -2.48. The normalized spacial score (nSPS) is 26.8. The van der Waals surface area contributed by atoms with Crippen molar-refractivity contribution in [1.29, 1.82) is 0 Å². The molecular weight excluding hydrogens is 1300 g/mol. The molecule has 3 saturated heterocycles. The summed E-state index contributed by atoms with van der Waals surface area (Å²) in [5.74, 6) is -0.251. The van der Waals surface area contributed by atoms with E-state index in [1.165, 1.54) is 128 Å². The van der Waals surface area contributed by atoms with Gasteiger partial charge >= 0.3 is 0 Å². The number of rotatable bonds is 62. The standard InChI is InChI=1S/C83H143NO18/c1-3-5-7-9-11-13-15-17-19-21-23-25-26-27-28-29-30-31-32-33-34-35-36-37-38-39-40-41-43-45-47-49-51-53-55-57-59-61-71(89)84-66(67(88)60-58-56-54-52-50-48-46-44-42-24-22-20-18-16-14-12-10-8-6-4-2)65-97-81-77(95)74(92)79(69(63-86)99-81)102-83-78(96)75(93)80(70(64-87)100-83)101-82-76(94)73(91)72(90)68(62-85)98-82/h5,7,11,13,17,19,23,25,27-28,30-31,33-34,36-37,39-40,66-70,72-83,85-88,90-96H,3-4,6,8-10,12,14-16,18,20-22,24,26,29,32,35,38,41-65H2,1-2H3,(H,84,89)/b7-5-,13-11-,19-17-,25-23-,28-27-,31-30-,34-33-,37-36-,40-39-. The molecule has 102 heavy (non-hydrogen) atoms. The van der Waals surface area contributed by atoms with Gasteiger partial charge in [-0.1, -0.05) is 297 Å². The van der Waals surface area contributed by atoms with E-state index in [1.807, 2.05) is 0 Å². The van der Waals surface area contributed by atoms with Gasteiger partial charge in [-0.15, -0.1) is 0 Å². The molecule has 0 radical (unpaired) electrons. The maximum atomic E-state index is 13.5. The van der Waals surface area contributed by atoms with Crippen molar-refractivity contribution in [1.82, 2.24) is 5.32 Å². The van der Waals surface area contributed by atoms with E-state index in [9.17, 15) is 61.0 Å². The molecule has 19 heteroatoms. The maximum Gasteiger partial charge on any atom is 0.220 e. The molecule has 19 nitrogen and oxygen atoms in total. The fourth-order valence-corrected chi connectivity index (χ4v) is 13.0. The smallest absolute Gasteiger partial charge is 0.220 e. The third kappa shape index (κ3) is 42.1. The van der Waals surface area contributed by atoms with Gasteiger partial charge in [0.2, 0.25) is 5.91 Å². The number of carbonyl (C=O) groups is 1. The van der Waals surface area contributed by atoms with Crippen molar-refractivity contribution in [2.75, 3.05) is 26.4 Å². The monoisotopic (exact) mass is 1440 g/mol. The summed E-state index contributed by atoms with van der Waals surface area (Å²) in [5.41, 5.74) is 0. The summed E-state index contributed by atoms with van der Waals surface area (Å²) in [6.45, 7) is 1.70. The van der Waals surface area contributed by atoms with Gasteiger partial charge in [0.1, 0.15) is 73.2 Å². The number of aliphatic hydroxyl groups is 11. The van der Waals surface area contributed by atoms with Crippen molar-refractivity contribution in [2.45, 2.75) is 381 Å². The Bertz CT molecular complexity index is 2270. The third-order valence-corrected chi connectivity index (χ3v) is 19.4. The number of aliphatic hydroxyl groups excluding tert-OH is 11. The number of carbonyl (C=O) groups excluding carboxylic acids is 1. The minimum Gasteiger partial charge on any atom is -0.394 e.